The fraction of sp³-hybridized carbons (Fsp3) is 0.286. The number of alkyl halides is 1. The Kier molecular flexibility index (Phi) is 3.15. The molecule has 0 aromatic carbocycles. The van der Waals surface area contributed by atoms with Crippen molar-refractivity contribution in [3.63, 3.8) is 0 Å². The summed E-state index contributed by atoms with van der Waals surface area (Å²) in [4.78, 5) is 3.98. The van der Waals surface area contributed by atoms with Gasteiger partial charge >= 0.3 is 0 Å². The molecule has 0 bridgehead atoms. The second-order valence-electron chi connectivity index (χ2n) is 1.97. The van der Waals surface area contributed by atoms with Crippen LogP contribution in [-0.2, 0) is 5.33 Å². The van der Waals surface area contributed by atoms with Crippen molar-refractivity contribution in [2.75, 3.05) is 7.11 Å². The third-order valence-electron chi connectivity index (χ3n) is 1.21. The Morgan fingerprint density at radius 3 is 2.91 bits per heavy atom. The third kappa shape index (κ3) is 2.07. The molecule has 4 heteroatoms. The molecule has 1 rings (SSSR count). The van der Waals surface area contributed by atoms with Crippen molar-refractivity contribution in [1.29, 1.82) is 0 Å². The molecule has 0 radical (unpaired) electrons. The molecule has 0 fully saturated rings. The zero-order valence-corrected chi connectivity index (χ0v) is 8.32. The van der Waals surface area contributed by atoms with Crippen LogP contribution in [0.1, 0.15) is 5.56 Å². The number of rotatable bonds is 2. The van der Waals surface area contributed by atoms with Crippen molar-refractivity contribution in [1.82, 2.24) is 4.98 Å². The molecule has 0 saturated carbocycles. The highest BCUT2D eigenvalue weighted by atomic mass is 79.9. The number of methoxy groups -OCH3 is 1. The predicted molar refractivity (Wildman–Crippen MR) is 48.4 cm³/mol. The first-order valence-corrected chi connectivity index (χ1v) is 4.52. The van der Waals surface area contributed by atoms with E-state index in [9.17, 15) is 0 Å². The van der Waals surface area contributed by atoms with Crippen molar-refractivity contribution in [3.8, 4) is 5.88 Å². The topological polar surface area (TPSA) is 22.1 Å². The van der Waals surface area contributed by atoms with Gasteiger partial charge in [0.25, 0.3) is 0 Å². The van der Waals surface area contributed by atoms with Crippen LogP contribution in [0.2, 0.25) is 5.02 Å². The molecule has 60 valence electrons. The monoisotopic (exact) mass is 235 g/mol. The second kappa shape index (κ2) is 3.93. The fourth-order valence-corrected chi connectivity index (χ4v) is 1.26. The highest BCUT2D eigenvalue weighted by Gasteiger charge is 2.01. The van der Waals surface area contributed by atoms with E-state index >= 15 is 0 Å². The zero-order valence-electron chi connectivity index (χ0n) is 5.97. The van der Waals surface area contributed by atoms with Crippen molar-refractivity contribution >= 4 is 27.5 Å². The number of hydrogen-bond donors (Lipinski definition) is 0. The molecule has 2 nitrogen and oxygen atoms in total. The molecular formula is C7H7BrClNO. The lowest BCUT2D eigenvalue weighted by molar-refractivity contribution is 0.398. The molecule has 0 aliphatic heterocycles. The molecule has 0 aliphatic carbocycles. The van der Waals surface area contributed by atoms with Crippen molar-refractivity contribution in [2.45, 2.75) is 5.33 Å². The Balaban J connectivity index is 2.99. The van der Waals surface area contributed by atoms with Gasteiger partial charge in [-0.25, -0.2) is 4.98 Å². The van der Waals surface area contributed by atoms with E-state index in [1.54, 1.807) is 13.3 Å². The summed E-state index contributed by atoms with van der Waals surface area (Å²) < 4.78 is 4.89. The van der Waals surface area contributed by atoms with Crippen LogP contribution >= 0.6 is 27.5 Å². The Morgan fingerprint density at radius 2 is 2.45 bits per heavy atom. The lowest BCUT2D eigenvalue weighted by atomic mass is 10.3. The van der Waals surface area contributed by atoms with Crippen LogP contribution in [0.5, 0.6) is 5.88 Å². The maximum absolute atomic E-state index is 5.80. The fourth-order valence-electron chi connectivity index (χ4n) is 0.688. The molecule has 0 spiro atoms. The van der Waals surface area contributed by atoms with E-state index in [1.807, 2.05) is 6.07 Å². The largest absolute Gasteiger partial charge is 0.480 e. The number of ether oxygens (including phenoxy) is 1. The van der Waals surface area contributed by atoms with Gasteiger partial charge in [-0.05, 0) is 11.6 Å². The van der Waals surface area contributed by atoms with Crippen molar-refractivity contribution in [2.24, 2.45) is 0 Å². The highest BCUT2D eigenvalue weighted by molar-refractivity contribution is 9.08. The van der Waals surface area contributed by atoms with Crippen LogP contribution in [0.4, 0.5) is 0 Å². The molecule has 0 saturated heterocycles. The average Bonchev–Trinajstić information content (AvgIpc) is 2.04. The molecule has 0 amide bonds. The van der Waals surface area contributed by atoms with Gasteiger partial charge < -0.3 is 4.74 Å². The molecule has 1 aromatic heterocycles. The van der Waals surface area contributed by atoms with Gasteiger partial charge in [-0.1, -0.05) is 27.5 Å². The summed E-state index contributed by atoms with van der Waals surface area (Å²) in [6.45, 7) is 0. The van der Waals surface area contributed by atoms with Gasteiger partial charge in [-0.2, -0.15) is 0 Å². The molecular weight excluding hydrogens is 229 g/mol. The van der Waals surface area contributed by atoms with Crippen molar-refractivity contribution in [3.05, 3.63) is 22.8 Å². The first-order valence-electron chi connectivity index (χ1n) is 3.02. The summed E-state index contributed by atoms with van der Waals surface area (Å²) >= 11 is 9.10. The SMILES string of the molecule is COc1ncc(CBr)cc1Cl. The Hall–Kier alpha value is -0.280. The van der Waals surface area contributed by atoms with E-state index in [4.69, 9.17) is 16.3 Å². The summed E-state index contributed by atoms with van der Waals surface area (Å²) in [7, 11) is 1.54. The van der Waals surface area contributed by atoms with E-state index in [2.05, 4.69) is 20.9 Å². The predicted octanol–water partition coefficient (Wildman–Crippen LogP) is 2.64. The summed E-state index contributed by atoms with van der Waals surface area (Å²) in [5.41, 5.74) is 1.04. The summed E-state index contributed by atoms with van der Waals surface area (Å²) in [6.07, 6.45) is 1.72. The lowest BCUT2D eigenvalue weighted by Gasteiger charge is -2.01. The third-order valence-corrected chi connectivity index (χ3v) is 2.13. The molecule has 1 heterocycles. The van der Waals surface area contributed by atoms with E-state index in [0.29, 0.717) is 10.9 Å². The Morgan fingerprint density at radius 1 is 1.73 bits per heavy atom. The van der Waals surface area contributed by atoms with Crippen LogP contribution in [0.15, 0.2) is 12.3 Å². The van der Waals surface area contributed by atoms with Crippen molar-refractivity contribution < 1.29 is 4.74 Å². The van der Waals surface area contributed by atoms with Gasteiger partial charge in [0.05, 0.1) is 7.11 Å². The normalized spacial score (nSPS) is 9.73. The lowest BCUT2D eigenvalue weighted by Crippen LogP contribution is -1.89. The maximum atomic E-state index is 5.80. The van der Waals surface area contributed by atoms with Crippen LogP contribution in [0, 0.1) is 0 Å². The van der Waals surface area contributed by atoms with E-state index in [-0.39, 0.29) is 0 Å². The Bertz CT molecular complexity index is 254. The minimum atomic E-state index is 0.469. The smallest absolute Gasteiger partial charge is 0.232 e. The van der Waals surface area contributed by atoms with Gasteiger partial charge in [0.15, 0.2) is 0 Å². The van der Waals surface area contributed by atoms with Gasteiger partial charge in [-0.3, -0.25) is 0 Å². The van der Waals surface area contributed by atoms with Crippen LogP contribution in [0.25, 0.3) is 0 Å². The first kappa shape index (κ1) is 8.81. The second-order valence-corrected chi connectivity index (χ2v) is 2.94. The Labute approximate surface area is 78.7 Å². The quantitative estimate of drug-likeness (QED) is 0.737. The number of nitrogens with zero attached hydrogens (tertiary/aromatic N) is 1. The molecule has 11 heavy (non-hydrogen) atoms. The minimum absolute atomic E-state index is 0.469. The van der Waals surface area contributed by atoms with Gasteiger partial charge in [0, 0.05) is 11.5 Å². The average molecular weight is 236 g/mol. The molecule has 1 aromatic rings. The summed E-state index contributed by atoms with van der Waals surface area (Å²) in [5, 5.41) is 1.30. The number of hydrogen-bond acceptors (Lipinski definition) is 2. The van der Waals surface area contributed by atoms with E-state index in [0.717, 1.165) is 10.9 Å². The molecule has 0 atom stereocenters. The summed E-state index contributed by atoms with van der Waals surface area (Å²) in [5.74, 6) is 0.469. The number of pyridine rings is 1. The maximum Gasteiger partial charge on any atom is 0.232 e. The molecule has 0 aliphatic rings. The van der Waals surface area contributed by atoms with Gasteiger partial charge in [-0.15, -0.1) is 0 Å². The zero-order chi connectivity index (χ0) is 8.27. The van der Waals surface area contributed by atoms with E-state index < -0.39 is 0 Å². The van der Waals surface area contributed by atoms with Crippen LogP contribution in [0.3, 0.4) is 0 Å². The van der Waals surface area contributed by atoms with E-state index in [1.165, 1.54) is 0 Å². The standard InChI is InChI=1S/C7H7BrClNO/c1-11-7-6(9)2-5(3-8)4-10-7/h2,4H,3H2,1H3. The molecule has 0 unspecified atom stereocenters. The first-order chi connectivity index (χ1) is 5.27. The number of halogens is 2. The van der Waals surface area contributed by atoms with Crippen LogP contribution < -0.4 is 4.74 Å². The molecule has 0 N–H and O–H groups in total. The van der Waals surface area contributed by atoms with Gasteiger partial charge in [0.1, 0.15) is 5.02 Å². The summed E-state index contributed by atoms with van der Waals surface area (Å²) in [6, 6.07) is 1.82. The number of aromatic nitrogens is 1. The van der Waals surface area contributed by atoms with Gasteiger partial charge in [0.2, 0.25) is 5.88 Å². The highest BCUT2D eigenvalue weighted by Crippen LogP contribution is 2.22. The minimum Gasteiger partial charge on any atom is -0.480 e. The van der Waals surface area contributed by atoms with Crippen LogP contribution in [-0.4, -0.2) is 12.1 Å².